The first-order valence-corrected chi connectivity index (χ1v) is 7.33. The summed E-state index contributed by atoms with van der Waals surface area (Å²) in [6.07, 6.45) is 2.46. The zero-order valence-electron chi connectivity index (χ0n) is 10.2. The van der Waals surface area contributed by atoms with Crippen molar-refractivity contribution in [3.8, 4) is 0 Å². The lowest BCUT2D eigenvalue weighted by atomic mass is 10.1. The summed E-state index contributed by atoms with van der Waals surface area (Å²) in [5.74, 6) is 2.69. The quantitative estimate of drug-likeness (QED) is 0.479. The molecule has 0 aromatic carbocycles. The summed E-state index contributed by atoms with van der Waals surface area (Å²) in [6.45, 7) is 6.25. The summed E-state index contributed by atoms with van der Waals surface area (Å²) in [5.41, 5.74) is 2.10. The van der Waals surface area contributed by atoms with Crippen LogP contribution in [0.5, 0.6) is 0 Å². The summed E-state index contributed by atoms with van der Waals surface area (Å²) in [4.78, 5) is 8.85. The summed E-state index contributed by atoms with van der Waals surface area (Å²) in [7, 11) is 0. The molecule has 16 heavy (non-hydrogen) atoms. The first-order chi connectivity index (χ1) is 7.65. The van der Waals surface area contributed by atoms with Crippen LogP contribution in [-0.4, -0.2) is 21.5 Å². The average molecular weight is 256 g/mol. The highest BCUT2D eigenvalue weighted by Gasteiger charge is 2.08. The fourth-order valence-corrected chi connectivity index (χ4v) is 3.16. The Balaban J connectivity index is 2.52. The van der Waals surface area contributed by atoms with Crippen molar-refractivity contribution >= 4 is 24.4 Å². The van der Waals surface area contributed by atoms with E-state index in [1.807, 2.05) is 19.9 Å². The molecule has 1 atom stereocenters. The van der Waals surface area contributed by atoms with Gasteiger partial charge in [-0.15, -0.1) is 0 Å². The molecule has 1 rings (SSSR count). The molecule has 2 nitrogen and oxygen atoms in total. The van der Waals surface area contributed by atoms with E-state index >= 15 is 0 Å². The van der Waals surface area contributed by atoms with E-state index in [2.05, 4.69) is 29.5 Å². The van der Waals surface area contributed by atoms with Gasteiger partial charge in [-0.1, -0.05) is 25.1 Å². The third-order valence-electron chi connectivity index (χ3n) is 2.37. The van der Waals surface area contributed by atoms with Gasteiger partial charge in [0.25, 0.3) is 0 Å². The molecule has 90 valence electrons. The van der Waals surface area contributed by atoms with Crippen molar-refractivity contribution in [2.24, 2.45) is 5.92 Å². The standard InChI is InChI=1S/C12H20N2S2/c1-4-5-11(7-15)8-16-12-13-9(2)6-10(3)14-12/h6,11,15H,4-5,7-8H2,1-3H3. The second kappa shape index (κ2) is 7.17. The zero-order chi connectivity index (χ0) is 12.0. The van der Waals surface area contributed by atoms with Gasteiger partial charge in [0.05, 0.1) is 0 Å². The third-order valence-corrected chi connectivity index (χ3v) is 3.96. The van der Waals surface area contributed by atoms with Crippen molar-refractivity contribution < 1.29 is 0 Å². The third kappa shape index (κ3) is 4.74. The van der Waals surface area contributed by atoms with Gasteiger partial charge in [-0.2, -0.15) is 12.6 Å². The van der Waals surface area contributed by atoms with Gasteiger partial charge < -0.3 is 0 Å². The van der Waals surface area contributed by atoms with Crippen molar-refractivity contribution in [1.29, 1.82) is 0 Å². The minimum absolute atomic E-state index is 0.669. The molecule has 0 N–H and O–H groups in total. The average Bonchev–Trinajstić information content (AvgIpc) is 2.23. The Morgan fingerprint density at radius 1 is 1.31 bits per heavy atom. The Kier molecular flexibility index (Phi) is 6.21. The highest BCUT2D eigenvalue weighted by Crippen LogP contribution is 2.21. The van der Waals surface area contributed by atoms with Crippen molar-refractivity contribution in [3.63, 3.8) is 0 Å². The van der Waals surface area contributed by atoms with E-state index in [1.165, 1.54) is 12.8 Å². The normalized spacial score (nSPS) is 12.8. The lowest BCUT2D eigenvalue weighted by Crippen LogP contribution is -2.06. The molecule has 1 aromatic rings. The van der Waals surface area contributed by atoms with E-state index in [0.29, 0.717) is 5.92 Å². The van der Waals surface area contributed by atoms with Crippen molar-refractivity contribution in [3.05, 3.63) is 17.5 Å². The van der Waals surface area contributed by atoms with E-state index in [4.69, 9.17) is 0 Å². The Labute approximate surface area is 108 Å². The van der Waals surface area contributed by atoms with Gasteiger partial charge in [0.1, 0.15) is 0 Å². The maximum atomic E-state index is 4.43. The fourth-order valence-electron chi connectivity index (χ4n) is 1.59. The predicted octanol–water partition coefficient (Wildman–Crippen LogP) is 3.53. The summed E-state index contributed by atoms with van der Waals surface area (Å²) >= 11 is 6.13. The van der Waals surface area contributed by atoms with Crippen LogP contribution in [0.15, 0.2) is 11.2 Å². The molecule has 0 aliphatic carbocycles. The molecule has 0 saturated carbocycles. The molecule has 1 aromatic heterocycles. The van der Waals surface area contributed by atoms with E-state index in [9.17, 15) is 0 Å². The minimum atomic E-state index is 0.669. The zero-order valence-corrected chi connectivity index (χ0v) is 11.9. The number of thiol groups is 1. The molecule has 1 heterocycles. The Bertz CT molecular complexity index is 309. The number of rotatable bonds is 6. The monoisotopic (exact) mass is 256 g/mol. The number of hydrogen-bond donors (Lipinski definition) is 1. The lowest BCUT2D eigenvalue weighted by molar-refractivity contribution is 0.595. The van der Waals surface area contributed by atoms with Crippen LogP contribution in [0.4, 0.5) is 0 Å². The number of hydrogen-bond acceptors (Lipinski definition) is 4. The van der Waals surface area contributed by atoms with E-state index in [0.717, 1.165) is 28.0 Å². The van der Waals surface area contributed by atoms with Crippen LogP contribution in [-0.2, 0) is 0 Å². The maximum Gasteiger partial charge on any atom is 0.187 e. The molecule has 0 saturated heterocycles. The van der Waals surface area contributed by atoms with Gasteiger partial charge in [0.2, 0.25) is 0 Å². The van der Waals surface area contributed by atoms with Gasteiger partial charge >= 0.3 is 0 Å². The van der Waals surface area contributed by atoms with Gasteiger partial charge in [-0.3, -0.25) is 0 Å². The van der Waals surface area contributed by atoms with Gasteiger partial charge in [-0.05, 0) is 38.0 Å². The second-order valence-corrected chi connectivity index (χ2v) is 5.43. The first kappa shape index (κ1) is 13.8. The Hall–Kier alpha value is -0.220. The summed E-state index contributed by atoms with van der Waals surface area (Å²) < 4.78 is 0. The molecule has 0 amide bonds. The Morgan fingerprint density at radius 3 is 2.44 bits per heavy atom. The fraction of sp³-hybridized carbons (Fsp3) is 0.667. The molecule has 0 bridgehead atoms. The maximum absolute atomic E-state index is 4.43. The van der Waals surface area contributed by atoms with Crippen molar-refractivity contribution in [1.82, 2.24) is 9.97 Å². The number of nitrogens with zero attached hydrogens (tertiary/aromatic N) is 2. The Morgan fingerprint density at radius 2 is 1.94 bits per heavy atom. The van der Waals surface area contributed by atoms with Crippen LogP contribution < -0.4 is 0 Å². The van der Waals surface area contributed by atoms with Gasteiger partial charge in [0, 0.05) is 17.1 Å². The molecule has 0 fully saturated rings. The topological polar surface area (TPSA) is 25.8 Å². The lowest BCUT2D eigenvalue weighted by Gasteiger charge is -2.12. The van der Waals surface area contributed by atoms with Crippen LogP contribution >= 0.6 is 24.4 Å². The van der Waals surface area contributed by atoms with Crippen LogP contribution in [0.2, 0.25) is 0 Å². The van der Waals surface area contributed by atoms with Crippen molar-refractivity contribution in [2.45, 2.75) is 38.8 Å². The van der Waals surface area contributed by atoms with Gasteiger partial charge in [-0.25, -0.2) is 9.97 Å². The molecule has 4 heteroatoms. The van der Waals surface area contributed by atoms with E-state index in [-0.39, 0.29) is 0 Å². The largest absolute Gasteiger partial charge is 0.228 e. The van der Waals surface area contributed by atoms with Gasteiger partial charge in [0.15, 0.2) is 5.16 Å². The predicted molar refractivity (Wildman–Crippen MR) is 74.5 cm³/mol. The molecule has 0 aliphatic rings. The summed E-state index contributed by atoms with van der Waals surface area (Å²) in [5, 5.41) is 0.903. The van der Waals surface area contributed by atoms with Crippen LogP contribution in [0.1, 0.15) is 31.2 Å². The first-order valence-electron chi connectivity index (χ1n) is 5.71. The summed E-state index contributed by atoms with van der Waals surface area (Å²) in [6, 6.07) is 2.01. The van der Waals surface area contributed by atoms with Crippen LogP contribution in [0, 0.1) is 19.8 Å². The van der Waals surface area contributed by atoms with Crippen LogP contribution in [0.25, 0.3) is 0 Å². The molecule has 1 unspecified atom stereocenters. The second-order valence-electron chi connectivity index (χ2n) is 4.08. The smallest absolute Gasteiger partial charge is 0.187 e. The number of thioether (sulfide) groups is 1. The van der Waals surface area contributed by atoms with E-state index < -0.39 is 0 Å². The molecule has 0 radical (unpaired) electrons. The molecule has 0 spiro atoms. The number of aryl methyl sites for hydroxylation is 2. The SMILES string of the molecule is CCCC(CS)CSc1nc(C)cc(C)n1. The van der Waals surface area contributed by atoms with Crippen LogP contribution in [0.3, 0.4) is 0 Å². The highest BCUT2D eigenvalue weighted by atomic mass is 32.2. The van der Waals surface area contributed by atoms with Crippen molar-refractivity contribution in [2.75, 3.05) is 11.5 Å². The highest BCUT2D eigenvalue weighted by molar-refractivity contribution is 7.99. The molecular formula is C12H20N2S2. The molecule has 0 aliphatic heterocycles. The number of aromatic nitrogens is 2. The molecular weight excluding hydrogens is 236 g/mol. The minimum Gasteiger partial charge on any atom is -0.228 e. The van der Waals surface area contributed by atoms with E-state index in [1.54, 1.807) is 11.8 Å².